The molecule has 0 radical (unpaired) electrons. The molecule has 1 N–H and O–H groups in total. The van der Waals surface area contributed by atoms with Crippen LogP contribution in [0.15, 0.2) is 54.6 Å². The Balaban J connectivity index is 1.62. The SMILES string of the molecule is COc1ccc(CN2C(=O)C(Cc3ccccc3)C3(CCNCC3)C2=O)cc1. The Morgan fingerprint density at radius 2 is 1.68 bits per heavy atom. The molecule has 0 aliphatic carbocycles. The monoisotopic (exact) mass is 378 g/mol. The summed E-state index contributed by atoms with van der Waals surface area (Å²) in [7, 11) is 1.62. The first kappa shape index (κ1) is 18.7. The van der Waals surface area contributed by atoms with Crippen LogP contribution in [0.3, 0.4) is 0 Å². The van der Waals surface area contributed by atoms with E-state index in [0.29, 0.717) is 25.8 Å². The zero-order valence-corrected chi connectivity index (χ0v) is 16.2. The average Bonchev–Trinajstić information content (AvgIpc) is 2.92. The highest BCUT2D eigenvalue weighted by molar-refractivity contribution is 6.07. The van der Waals surface area contributed by atoms with Gasteiger partial charge in [0.2, 0.25) is 11.8 Å². The van der Waals surface area contributed by atoms with E-state index < -0.39 is 5.41 Å². The summed E-state index contributed by atoms with van der Waals surface area (Å²) in [6.45, 7) is 1.88. The van der Waals surface area contributed by atoms with Gasteiger partial charge in [-0.3, -0.25) is 14.5 Å². The number of rotatable bonds is 5. The highest BCUT2D eigenvalue weighted by Crippen LogP contribution is 2.47. The molecule has 28 heavy (non-hydrogen) atoms. The highest BCUT2D eigenvalue weighted by Gasteiger charge is 2.58. The normalized spacial score (nSPS) is 21.3. The molecule has 1 spiro atoms. The minimum atomic E-state index is -0.579. The van der Waals surface area contributed by atoms with Gasteiger partial charge in [-0.1, -0.05) is 42.5 Å². The van der Waals surface area contributed by atoms with Crippen LogP contribution < -0.4 is 10.1 Å². The Labute approximate surface area is 165 Å². The number of nitrogens with one attached hydrogen (secondary N) is 1. The predicted molar refractivity (Wildman–Crippen MR) is 107 cm³/mol. The molecule has 2 heterocycles. The second kappa shape index (κ2) is 7.76. The number of hydrogen-bond acceptors (Lipinski definition) is 4. The molecule has 1 atom stereocenters. The van der Waals surface area contributed by atoms with Crippen molar-refractivity contribution in [3.8, 4) is 5.75 Å². The van der Waals surface area contributed by atoms with Crippen LogP contribution in [-0.4, -0.2) is 36.9 Å². The lowest BCUT2D eigenvalue weighted by Gasteiger charge is -2.35. The van der Waals surface area contributed by atoms with Gasteiger partial charge >= 0.3 is 0 Å². The molecule has 4 rings (SSSR count). The number of benzene rings is 2. The number of piperidine rings is 1. The largest absolute Gasteiger partial charge is 0.497 e. The van der Waals surface area contributed by atoms with Crippen LogP contribution in [-0.2, 0) is 22.6 Å². The molecule has 2 fully saturated rings. The smallest absolute Gasteiger partial charge is 0.236 e. The number of methoxy groups -OCH3 is 1. The molecule has 5 nitrogen and oxygen atoms in total. The number of amides is 2. The molecule has 0 aromatic heterocycles. The molecule has 2 aromatic carbocycles. The Morgan fingerprint density at radius 3 is 2.32 bits per heavy atom. The second-order valence-corrected chi connectivity index (χ2v) is 7.73. The molecule has 2 aliphatic heterocycles. The zero-order chi connectivity index (χ0) is 19.6. The molecule has 2 amide bonds. The van der Waals surface area contributed by atoms with E-state index in [4.69, 9.17) is 4.74 Å². The van der Waals surface area contributed by atoms with Crippen LogP contribution in [0.25, 0.3) is 0 Å². The quantitative estimate of drug-likeness (QED) is 0.813. The first-order valence-corrected chi connectivity index (χ1v) is 9.87. The average molecular weight is 378 g/mol. The molecule has 146 valence electrons. The molecule has 0 saturated carbocycles. The summed E-state index contributed by atoms with van der Waals surface area (Å²) >= 11 is 0. The first-order chi connectivity index (χ1) is 13.6. The number of imide groups is 1. The van der Waals surface area contributed by atoms with Gasteiger partial charge in [-0.05, 0) is 55.6 Å². The van der Waals surface area contributed by atoms with Crippen LogP contribution in [0.2, 0.25) is 0 Å². The van der Waals surface area contributed by atoms with E-state index in [1.165, 1.54) is 4.90 Å². The van der Waals surface area contributed by atoms with Crippen LogP contribution in [0.4, 0.5) is 0 Å². The van der Waals surface area contributed by atoms with E-state index in [0.717, 1.165) is 30.0 Å². The lowest BCUT2D eigenvalue weighted by atomic mass is 9.68. The standard InChI is InChI=1S/C23H26N2O3/c1-28-19-9-7-18(8-10-19)16-25-21(26)20(15-17-5-3-2-4-6-17)23(22(25)27)11-13-24-14-12-23/h2-10,20,24H,11-16H2,1H3. The lowest BCUT2D eigenvalue weighted by molar-refractivity contribution is -0.142. The van der Waals surface area contributed by atoms with E-state index in [-0.39, 0.29) is 17.7 Å². The Kier molecular flexibility index (Phi) is 5.18. The van der Waals surface area contributed by atoms with Crippen molar-refractivity contribution in [2.24, 2.45) is 11.3 Å². The maximum Gasteiger partial charge on any atom is 0.236 e. The summed E-state index contributed by atoms with van der Waals surface area (Å²) in [5.41, 5.74) is 1.47. The number of likely N-dealkylation sites (tertiary alicyclic amines) is 1. The summed E-state index contributed by atoms with van der Waals surface area (Å²) in [6.07, 6.45) is 2.05. The van der Waals surface area contributed by atoms with Gasteiger partial charge in [0.15, 0.2) is 0 Å². The van der Waals surface area contributed by atoms with E-state index in [9.17, 15) is 9.59 Å². The molecule has 5 heteroatoms. The van der Waals surface area contributed by atoms with Gasteiger partial charge in [0, 0.05) is 0 Å². The van der Waals surface area contributed by atoms with Crippen LogP contribution in [0.5, 0.6) is 5.75 Å². The fourth-order valence-corrected chi connectivity index (χ4v) is 4.57. The second-order valence-electron chi connectivity index (χ2n) is 7.73. The summed E-state index contributed by atoms with van der Waals surface area (Å²) < 4.78 is 5.20. The van der Waals surface area contributed by atoms with Crippen molar-refractivity contribution in [3.05, 3.63) is 65.7 Å². The van der Waals surface area contributed by atoms with Gasteiger partial charge in [0.05, 0.1) is 25.0 Å². The number of carbonyl (C=O) groups is 2. The number of hydrogen-bond donors (Lipinski definition) is 1. The van der Waals surface area contributed by atoms with E-state index in [2.05, 4.69) is 5.32 Å². The molecule has 2 aromatic rings. The molecule has 0 bridgehead atoms. The maximum absolute atomic E-state index is 13.5. The third-order valence-electron chi connectivity index (χ3n) is 6.18. The first-order valence-electron chi connectivity index (χ1n) is 9.87. The summed E-state index contributed by atoms with van der Waals surface area (Å²) in [5, 5.41) is 3.34. The van der Waals surface area contributed by atoms with Gasteiger partial charge < -0.3 is 10.1 Å². The third-order valence-corrected chi connectivity index (χ3v) is 6.18. The van der Waals surface area contributed by atoms with Gasteiger partial charge in [-0.25, -0.2) is 0 Å². The molecule has 1 unspecified atom stereocenters. The van der Waals surface area contributed by atoms with Crippen molar-refractivity contribution in [3.63, 3.8) is 0 Å². The summed E-state index contributed by atoms with van der Waals surface area (Å²) in [6, 6.07) is 17.6. The van der Waals surface area contributed by atoms with Crippen LogP contribution in [0, 0.1) is 11.3 Å². The maximum atomic E-state index is 13.5. The van der Waals surface area contributed by atoms with Crippen molar-refractivity contribution in [1.82, 2.24) is 10.2 Å². The van der Waals surface area contributed by atoms with E-state index in [1.807, 2.05) is 54.6 Å². The molecular formula is C23H26N2O3. The van der Waals surface area contributed by atoms with Gasteiger partial charge in [-0.15, -0.1) is 0 Å². The van der Waals surface area contributed by atoms with E-state index in [1.54, 1.807) is 7.11 Å². The van der Waals surface area contributed by atoms with Crippen molar-refractivity contribution in [2.45, 2.75) is 25.8 Å². The Morgan fingerprint density at radius 1 is 1.00 bits per heavy atom. The van der Waals surface area contributed by atoms with Crippen LogP contribution in [0.1, 0.15) is 24.0 Å². The topological polar surface area (TPSA) is 58.6 Å². The zero-order valence-electron chi connectivity index (χ0n) is 16.2. The fourth-order valence-electron chi connectivity index (χ4n) is 4.57. The van der Waals surface area contributed by atoms with Gasteiger partial charge in [-0.2, -0.15) is 0 Å². The minimum Gasteiger partial charge on any atom is -0.497 e. The van der Waals surface area contributed by atoms with Crippen molar-refractivity contribution >= 4 is 11.8 Å². The highest BCUT2D eigenvalue weighted by atomic mass is 16.5. The van der Waals surface area contributed by atoms with Crippen molar-refractivity contribution in [1.29, 1.82) is 0 Å². The van der Waals surface area contributed by atoms with E-state index >= 15 is 0 Å². The predicted octanol–water partition coefficient (Wildman–Crippen LogP) is 2.79. The number of ether oxygens (including phenoxy) is 1. The Bertz CT molecular complexity index is 842. The molecular weight excluding hydrogens is 352 g/mol. The number of carbonyl (C=O) groups excluding carboxylic acids is 2. The third kappa shape index (κ3) is 3.31. The van der Waals surface area contributed by atoms with Crippen LogP contribution >= 0.6 is 0 Å². The summed E-state index contributed by atoms with van der Waals surface area (Å²) in [5.74, 6) is 0.435. The molecule has 2 saturated heterocycles. The van der Waals surface area contributed by atoms with Gasteiger partial charge in [0.25, 0.3) is 0 Å². The molecule has 2 aliphatic rings. The Hall–Kier alpha value is -2.66. The minimum absolute atomic E-state index is 0.00394. The fraction of sp³-hybridized carbons (Fsp3) is 0.391. The summed E-state index contributed by atoms with van der Waals surface area (Å²) in [4.78, 5) is 28.3. The lowest BCUT2D eigenvalue weighted by Crippen LogP contribution is -2.45. The van der Waals surface area contributed by atoms with Crippen molar-refractivity contribution in [2.75, 3.05) is 20.2 Å². The van der Waals surface area contributed by atoms with Crippen molar-refractivity contribution < 1.29 is 14.3 Å². The number of nitrogens with zero attached hydrogens (tertiary/aromatic N) is 1. The van der Waals surface area contributed by atoms with Gasteiger partial charge in [0.1, 0.15) is 5.75 Å².